The van der Waals surface area contributed by atoms with Gasteiger partial charge < -0.3 is 20.4 Å². The summed E-state index contributed by atoms with van der Waals surface area (Å²) >= 11 is 0. The third kappa shape index (κ3) is 3.19. The number of amides is 1. The van der Waals surface area contributed by atoms with E-state index in [1.165, 1.54) is 6.20 Å². The number of aromatic nitrogens is 2. The second kappa shape index (κ2) is 6.08. The highest BCUT2D eigenvalue weighted by molar-refractivity contribution is 5.97. The Labute approximate surface area is 122 Å². The highest BCUT2D eigenvalue weighted by Gasteiger charge is 2.15. The first-order valence-electron chi connectivity index (χ1n) is 6.31. The van der Waals surface area contributed by atoms with Gasteiger partial charge in [0.25, 0.3) is 5.91 Å². The molecule has 1 heterocycles. The Bertz CT molecular complexity index is 678. The number of nitrogens with two attached hydrogens (primary N) is 1. The van der Waals surface area contributed by atoms with Gasteiger partial charge in [0.15, 0.2) is 5.84 Å². The molecule has 0 aliphatic carbocycles. The number of nitrogens with zero attached hydrogens (tertiary/aromatic N) is 4. The van der Waals surface area contributed by atoms with Gasteiger partial charge >= 0.3 is 0 Å². The predicted octanol–water partition coefficient (Wildman–Crippen LogP) is 0.787. The van der Waals surface area contributed by atoms with E-state index in [9.17, 15) is 4.79 Å². The molecule has 0 fully saturated rings. The van der Waals surface area contributed by atoms with Gasteiger partial charge in [-0.15, -0.1) is 0 Å². The largest absolute Gasteiger partial charge is 0.409 e. The molecule has 1 aromatic heterocycles. The summed E-state index contributed by atoms with van der Waals surface area (Å²) in [6.07, 6.45) is 3.12. The molecule has 7 heteroatoms. The first-order chi connectivity index (χ1) is 10.0. The first-order valence-corrected chi connectivity index (χ1v) is 6.31. The number of aryl methyl sites for hydroxylation is 1. The molecule has 2 aromatic rings. The van der Waals surface area contributed by atoms with E-state index < -0.39 is 0 Å². The van der Waals surface area contributed by atoms with E-state index in [0.717, 1.165) is 5.56 Å². The molecule has 0 aliphatic heterocycles. The van der Waals surface area contributed by atoms with Crippen LogP contribution < -0.4 is 5.73 Å². The predicted molar refractivity (Wildman–Crippen MR) is 78.0 cm³/mol. The SMILES string of the molecule is CN(Cc1cccc(/C(N)=N/O)c1)C(=O)c1cncn1C. The van der Waals surface area contributed by atoms with Crippen LogP contribution in [0.3, 0.4) is 0 Å². The number of carbonyl (C=O) groups excluding carboxylic acids is 1. The average molecular weight is 287 g/mol. The van der Waals surface area contributed by atoms with Gasteiger partial charge in [-0.25, -0.2) is 4.98 Å². The lowest BCUT2D eigenvalue weighted by molar-refractivity contribution is 0.0775. The van der Waals surface area contributed by atoms with Gasteiger partial charge in [0.1, 0.15) is 5.69 Å². The highest BCUT2D eigenvalue weighted by atomic mass is 16.4. The quantitative estimate of drug-likeness (QED) is 0.376. The van der Waals surface area contributed by atoms with E-state index in [4.69, 9.17) is 10.9 Å². The molecule has 0 saturated carbocycles. The van der Waals surface area contributed by atoms with Gasteiger partial charge in [0.2, 0.25) is 0 Å². The summed E-state index contributed by atoms with van der Waals surface area (Å²) in [6.45, 7) is 0.413. The van der Waals surface area contributed by atoms with Gasteiger partial charge in [-0.3, -0.25) is 4.79 Å². The zero-order valence-corrected chi connectivity index (χ0v) is 11.9. The number of rotatable bonds is 4. The van der Waals surface area contributed by atoms with Crippen LogP contribution in [0.1, 0.15) is 21.6 Å². The number of carbonyl (C=O) groups is 1. The number of benzene rings is 1. The van der Waals surface area contributed by atoms with E-state index in [0.29, 0.717) is 17.8 Å². The standard InChI is InChI=1S/C14H17N5O2/c1-18(14(20)12-7-16-9-19(12)2)8-10-4-3-5-11(6-10)13(15)17-21/h3-7,9,21H,8H2,1-2H3,(H2,15,17). The van der Waals surface area contributed by atoms with Crippen LogP contribution in [-0.2, 0) is 13.6 Å². The third-order valence-electron chi connectivity index (χ3n) is 3.13. The molecule has 1 amide bonds. The van der Waals surface area contributed by atoms with Crippen molar-refractivity contribution in [2.75, 3.05) is 7.05 Å². The van der Waals surface area contributed by atoms with Crippen LogP contribution in [0.15, 0.2) is 41.9 Å². The molecule has 21 heavy (non-hydrogen) atoms. The highest BCUT2D eigenvalue weighted by Crippen LogP contribution is 2.10. The molecule has 0 spiro atoms. The topological polar surface area (TPSA) is 96.7 Å². The van der Waals surface area contributed by atoms with E-state index in [-0.39, 0.29) is 11.7 Å². The lowest BCUT2D eigenvalue weighted by Crippen LogP contribution is -2.28. The van der Waals surface area contributed by atoms with Crippen LogP contribution in [0, 0.1) is 0 Å². The van der Waals surface area contributed by atoms with E-state index in [2.05, 4.69) is 10.1 Å². The van der Waals surface area contributed by atoms with Gasteiger partial charge in [-0.05, 0) is 11.6 Å². The van der Waals surface area contributed by atoms with Crippen LogP contribution in [0.2, 0.25) is 0 Å². The molecule has 2 rings (SSSR count). The Morgan fingerprint density at radius 3 is 2.90 bits per heavy atom. The number of imidazole rings is 1. The fourth-order valence-corrected chi connectivity index (χ4v) is 1.99. The summed E-state index contributed by atoms with van der Waals surface area (Å²) in [4.78, 5) is 17.8. The first kappa shape index (κ1) is 14.6. The summed E-state index contributed by atoms with van der Waals surface area (Å²) in [6, 6.07) is 7.19. The number of amidine groups is 1. The maximum atomic E-state index is 12.3. The fraction of sp³-hybridized carbons (Fsp3) is 0.214. The van der Waals surface area contributed by atoms with Crippen molar-refractivity contribution in [2.24, 2.45) is 17.9 Å². The van der Waals surface area contributed by atoms with Crippen molar-refractivity contribution in [2.45, 2.75) is 6.54 Å². The molecule has 7 nitrogen and oxygen atoms in total. The second-order valence-corrected chi connectivity index (χ2v) is 4.74. The van der Waals surface area contributed by atoms with E-state index >= 15 is 0 Å². The van der Waals surface area contributed by atoms with Gasteiger partial charge in [0, 0.05) is 26.2 Å². The number of hydrogen-bond acceptors (Lipinski definition) is 4. The van der Waals surface area contributed by atoms with Gasteiger partial charge in [-0.1, -0.05) is 23.4 Å². The molecule has 110 valence electrons. The lowest BCUT2D eigenvalue weighted by atomic mass is 10.1. The Balaban J connectivity index is 2.15. The minimum Gasteiger partial charge on any atom is -0.409 e. The average Bonchev–Trinajstić information content (AvgIpc) is 2.92. The zero-order valence-electron chi connectivity index (χ0n) is 11.9. The molecule has 0 aliphatic rings. The monoisotopic (exact) mass is 287 g/mol. The molecule has 3 N–H and O–H groups in total. The van der Waals surface area contributed by atoms with Gasteiger partial charge in [0.05, 0.1) is 12.5 Å². The molecular formula is C14H17N5O2. The molecule has 0 radical (unpaired) electrons. The Kier molecular flexibility index (Phi) is 4.22. The van der Waals surface area contributed by atoms with Gasteiger partial charge in [-0.2, -0.15) is 0 Å². The fourth-order valence-electron chi connectivity index (χ4n) is 1.99. The molecule has 0 bridgehead atoms. The molecule has 1 aromatic carbocycles. The summed E-state index contributed by atoms with van der Waals surface area (Å²) in [5.74, 6) is -0.0818. The summed E-state index contributed by atoms with van der Waals surface area (Å²) in [5.41, 5.74) is 7.57. The zero-order chi connectivity index (χ0) is 15.4. The van der Waals surface area contributed by atoms with Crippen LogP contribution in [0.5, 0.6) is 0 Å². The molecule has 0 saturated heterocycles. The lowest BCUT2D eigenvalue weighted by Gasteiger charge is -2.17. The Morgan fingerprint density at radius 1 is 1.52 bits per heavy atom. The smallest absolute Gasteiger partial charge is 0.272 e. The Hall–Kier alpha value is -2.83. The molecule has 0 unspecified atom stereocenters. The van der Waals surface area contributed by atoms with Crippen molar-refractivity contribution in [1.29, 1.82) is 0 Å². The van der Waals surface area contributed by atoms with Crippen molar-refractivity contribution < 1.29 is 10.0 Å². The molecule has 0 atom stereocenters. The summed E-state index contributed by atoms with van der Waals surface area (Å²) in [5, 5.41) is 11.7. The second-order valence-electron chi connectivity index (χ2n) is 4.74. The minimum atomic E-state index is -0.121. The summed E-state index contributed by atoms with van der Waals surface area (Å²) < 4.78 is 1.67. The number of oxime groups is 1. The molecular weight excluding hydrogens is 270 g/mol. The van der Waals surface area contributed by atoms with Crippen LogP contribution in [-0.4, -0.2) is 38.4 Å². The van der Waals surface area contributed by atoms with Crippen LogP contribution >= 0.6 is 0 Å². The Morgan fingerprint density at radius 2 is 2.29 bits per heavy atom. The number of hydrogen-bond donors (Lipinski definition) is 2. The maximum Gasteiger partial charge on any atom is 0.272 e. The minimum absolute atomic E-state index is 0.0393. The maximum absolute atomic E-state index is 12.3. The van der Waals surface area contributed by atoms with E-state index in [1.807, 2.05) is 6.07 Å². The van der Waals surface area contributed by atoms with Crippen molar-refractivity contribution in [3.05, 3.63) is 53.6 Å². The van der Waals surface area contributed by atoms with Crippen LogP contribution in [0.25, 0.3) is 0 Å². The van der Waals surface area contributed by atoms with E-state index in [1.54, 1.807) is 48.1 Å². The normalized spacial score (nSPS) is 11.4. The third-order valence-corrected chi connectivity index (χ3v) is 3.13. The van der Waals surface area contributed by atoms with Crippen molar-refractivity contribution >= 4 is 11.7 Å². The van der Waals surface area contributed by atoms with Crippen molar-refractivity contribution in [1.82, 2.24) is 14.5 Å². The van der Waals surface area contributed by atoms with Crippen LogP contribution in [0.4, 0.5) is 0 Å². The van der Waals surface area contributed by atoms with Crippen molar-refractivity contribution in [3.8, 4) is 0 Å². The summed E-state index contributed by atoms with van der Waals surface area (Å²) in [7, 11) is 3.48. The van der Waals surface area contributed by atoms with Crippen molar-refractivity contribution in [3.63, 3.8) is 0 Å².